The van der Waals surface area contributed by atoms with Crippen LogP contribution in [0.15, 0.2) is 54.9 Å². The predicted octanol–water partition coefficient (Wildman–Crippen LogP) is 3.60. The summed E-state index contributed by atoms with van der Waals surface area (Å²) in [5.74, 6) is 1.16. The number of carbonyl (C=O) groups is 1. The second-order valence-corrected chi connectivity index (χ2v) is 10.7. The highest BCUT2D eigenvalue weighted by molar-refractivity contribution is 5.88. The van der Waals surface area contributed by atoms with Gasteiger partial charge in [-0.05, 0) is 49.4 Å². The van der Waals surface area contributed by atoms with Crippen molar-refractivity contribution in [1.82, 2.24) is 29.3 Å². The molecule has 3 saturated heterocycles. The molecule has 3 aromatic heterocycles. The van der Waals surface area contributed by atoms with Gasteiger partial charge in [-0.2, -0.15) is 14.7 Å². The maximum Gasteiger partial charge on any atom is 0.257 e. The van der Waals surface area contributed by atoms with Gasteiger partial charge in [0.15, 0.2) is 11.2 Å². The molecule has 37 heavy (non-hydrogen) atoms. The quantitative estimate of drug-likeness (QED) is 0.432. The topological polar surface area (TPSA) is 80.8 Å². The van der Waals surface area contributed by atoms with E-state index in [0.717, 1.165) is 68.0 Å². The summed E-state index contributed by atoms with van der Waals surface area (Å²) in [6.07, 6.45) is 6.94. The maximum atomic E-state index is 13.8. The lowest BCUT2D eigenvalue weighted by molar-refractivity contribution is -0.140. The number of piperidine rings is 1. The Balaban J connectivity index is 1.04. The van der Waals surface area contributed by atoms with E-state index in [9.17, 15) is 4.79 Å². The number of fused-ring (bicyclic) bond motifs is 3. The molecule has 4 aromatic rings. The first kappa shape index (κ1) is 21.4. The molecule has 9 nitrogen and oxygen atoms in total. The minimum absolute atomic E-state index is 0.109. The first-order valence-corrected chi connectivity index (χ1v) is 13.4. The van der Waals surface area contributed by atoms with Gasteiger partial charge in [-0.1, -0.05) is 30.3 Å². The van der Waals surface area contributed by atoms with Crippen LogP contribution in [0.4, 0.5) is 5.82 Å². The Morgan fingerprint density at radius 1 is 1.00 bits per heavy atom. The van der Waals surface area contributed by atoms with Crippen molar-refractivity contribution < 1.29 is 9.53 Å². The summed E-state index contributed by atoms with van der Waals surface area (Å²) in [6, 6.07) is 16.9. The second kappa shape index (κ2) is 7.89. The minimum atomic E-state index is -0.715. The average Bonchev–Trinajstić information content (AvgIpc) is 3.74. The van der Waals surface area contributed by atoms with Crippen molar-refractivity contribution >= 4 is 17.4 Å². The molecule has 0 N–H and O–H groups in total. The molecule has 1 aromatic carbocycles. The highest BCUT2D eigenvalue weighted by Crippen LogP contribution is 2.48. The molecule has 1 spiro atoms. The first-order chi connectivity index (χ1) is 18.2. The molecular formula is C28H29N7O2. The van der Waals surface area contributed by atoms with Crippen LogP contribution in [0.25, 0.3) is 16.9 Å². The molecule has 1 amide bonds. The third-order valence-electron chi connectivity index (χ3n) is 8.75. The Kier molecular flexibility index (Phi) is 4.56. The normalized spacial score (nSPS) is 24.4. The number of amides is 1. The number of ether oxygens (including phenoxy) is 1. The zero-order chi connectivity index (χ0) is 24.6. The number of aromatic nitrogens is 5. The Morgan fingerprint density at radius 2 is 1.86 bits per heavy atom. The number of carbonyl (C=O) groups excluding carboxylic acids is 1. The molecule has 8 rings (SSSR count). The van der Waals surface area contributed by atoms with Crippen LogP contribution in [0.3, 0.4) is 0 Å². The summed E-state index contributed by atoms with van der Waals surface area (Å²) in [5, 5.41) is 9.37. The van der Waals surface area contributed by atoms with Crippen LogP contribution in [-0.4, -0.2) is 60.1 Å². The summed E-state index contributed by atoms with van der Waals surface area (Å²) < 4.78 is 10.6. The van der Waals surface area contributed by atoms with Gasteiger partial charge in [-0.15, -0.1) is 0 Å². The summed E-state index contributed by atoms with van der Waals surface area (Å²) >= 11 is 0. The molecule has 0 unspecified atom stereocenters. The predicted molar refractivity (Wildman–Crippen MR) is 137 cm³/mol. The Hall–Kier alpha value is -3.72. The lowest BCUT2D eigenvalue weighted by Crippen LogP contribution is -2.50. The van der Waals surface area contributed by atoms with Crippen LogP contribution in [0, 0.1) is 0 Å². The Labute approximate surface area is 214 Å². The highest BCUT2D eigenvalue weighted by Gasteiger charge is 2.58. The van der Waals surface area contributed by atoms with Crippen molar-refractivity contribution in [2.75, 3.05) is 18.0 Å². The zero-order valence-electron chi connectivity index (χ0n) is 20.7. The van der Waals surface area contributed by atoms with E-state index in [2.05, 4.69) is 50.0 Å². The van der Waals surface area contributed by atoms with E-state index in [-0.39, 0.29) is 18.2 Å². The van der Waals surface area contributed by atoms with Crippen molar-refractivity contribution in [1.29, 1.82) is 0 Å². The molecular weight excluding hydrogens is 466 g/mol. The number of rotatable bonds is 3. The van der Waals surface area contributed by atoms with Crippen LogP contribution in [-0.2, 0) is 22.5 Å². The van der Waals surface area contributed by atoms with Gasteiger partial charge in [0, 0.05) is 43.7 Å². The lowest BCUT2D eigenvalue weighted by atomic mass is 9.89. The molecule has 0 aliphatic carbocycles. The van der Waals surface area contributed by atoms with E-state index in [1.54, 1.807) is 6.33 Å². The summed E-state index contributed by atoms with van der Waals surface area (Å²) in [6.45, 7) is 2.45. The van der Waals surface area contributed by atoms with E-state index < -0.39 is 5.60 Å². The molecule has 9 heteroatoms. The number of hydrogen-bond acceptors (Lipinski definition) is 6. The summed E-state index contributed by atoms with van der Waals surface area (Å²) in [4.78, 5) is 22.7. The van der Waals surface area contributed by atoms with Gasteiger partial charge < -0.3 is 14.5 Å². The third-order valence-corrected chi connectivity index (χ3v) is 8.75. The largest absolute Gasteiger partial charge is 0.356 e. The number of anilines is 1. The van der Waals surface area contributed by atoms with Gasteiger partial charge in [0.05, 0.1) is 11.7 Å². The fraction of sp³-hybridized carbons (Fsp3) is 0.429. The molecule has 0 bridgehead atoms. The van der Waals surface area contributed by atoms with Gasteiger partial charge in [0.2, 0.25) is 0 Å². The molecule has 4 aliphatic heterocycles. The maximum absolute atomic E-state index is 13.8. The van der Waals surface area contributed by atoms with E-state index in [4.69, 9.17) is 9.84 Å². The molecule has 4 aliphatic rings. The van der Waals surface area contributed by atoms with Crippen molar-refractivity contribution in [2.45, 2.75) is 62.9 Å². The zero-order valence-corrected chi connectivity index (χ0v) is 20.7. The van der Waals surface area contributed by atoms with Crippen molar-refractivity contribution in [3.8, 4) is 11.3 Å². The van der Waals surface area contributed by atoms with Crippen molar-refractivity contribution in [3.05, 3.63) is 66.1 Å². The fourth-order valence-electron chi connectivity index (χ4n) is 6.87. The van der Waals surface area contributed by atoms with Crippen molar-refractivity contribution in [3.63, 3.8) is 0 Å². The summed E-state index contributed by atoms with van der Waals surface area (Å²) in [5.41, 5.74) is 4.54. The van der Waals surface area contributed by atoms with Crippen molar-refractivity contribution in [2.24, 2.45) is 0 Å². The molecule has 3 fully saturated rings. The van der Waals surface area contributed by atoms with E-state index in [1.165, 1.54) is 11.3 Å². The van der Waals surface area contributed by atoms with Gasteiger partial charge in [0.25, 0.3) is 5.91 Å². The molecule has 0 radical (unpaired) electrons. The van der Waals surface area contributed by atoms with Gasteiger partial charge in [0.1, 0.15) is 18.4 Å². The molecule has 0 saturated carbocycles. The Morgan fingerprint density at radius 3 is 2.70 bits per heavy atom. The molecule has 7 heterocycles. The van der Waals surface area contributed by atoms with E-state index >= 15 is 0 Å². The number of aryl methyl sites for hydroxylation is 2. The Bertz CT molecular complexity index is 1480. The minimum Gasteiger partial charge on any atom is -0.356 e. The lowest BCUT2D eigenvalue weighted by Gasteiger charge is -2.38. The van der Waals surface area contributed by atoms with E-state index in [0.29, 0.717) is 12.8 Å². The van der Waals surface area contributed by atoms with E-state index in [1.807, 2.05) is 27.6 Å². The third kappa shape index (κ3) is 3.13. The van der Waals surface area contributed by atoms with Gasteiger partial charge in [-0.3, -0.25) is 9.48 Å². The van der Waals surface area contributed by atoms with Crippen LogP contribution in [0.1, 0.15) is 49.4 Å². The first-order valence-electron chi connectivity index (χ1n) is 13.4. The monoisotopic (exact) mass is 495 g/mol. The number of benzene rings is 1. The molecule has 188 valence electrons. The SMILES string of the molecule is O=C1N2[C@@H](CC[C@H]2c2ccccc2)OC12CCN(c1ccc(-c3cc4n(n3)CCC4)c3ncnn13)CC2. The van der Waals surface area contributed by atoms with Gasteiger partial charge >= 0.3 is 0 Å². The summed E-state index contributed by atoms with van der Waals surface area (Å²) in [7, 11) is 0. The van der Waals surface area contributed by atoms with Crippen LogP contribution >= 0.6 is 0 Å². The number of hydrogen-bond donors (Lipinski definition) is 0. The average molecular weight is 496 g/mol. The fourth-order valence-corrected chi connectivity index (χ4v) is 6.87. The number of pyridine rings is 1. The molecule has 2 atom stereocenters. The standard InChI is InChI=1S/C28H29N7O2/c36-27-28(37-25-11-9-23(34(25)27)19-5-2-1-3-6-19)12-15-32(16-13-28)24-10-8-21(26-29-18-30-35(24)26)22-17-20-7-4-14-33(20)31-22/h1-3,5-6,8,10,17-18,23,25H,4,7,9,11-16H2/t23-,25+/m0/s1. The number of nitrogens with zero attached hydrogens (tertiary/aromatic N) is 7. The van der Waals surface area contributed by atoms with Crippen LogP contribution in [0.2, 0.25) is 0 Å². The van der Waals surface area contributed by atoms with Gasteiger partial charge in [-0.25, -0.2) is 4.98 Å². The smallest absolute Gasteiger partial charge is 0.257 e. The van der Waals surface area contributed by atoms with Crippen LogP contribution < -0.4 is 4.90 Å². The van der Waals surface area contributed by atoms with Crippen LogP contribution in [0.5, 0.6) is 0 Å². The second-order valence-electron chi connectivity index (χ2n) is 10.7. The highest BCUT2D eigenvalue weighted by atomic mass is 16.6.